The molecule has 0 radical (unpaired) electrons. The molecule has 2 rings (SSSR count). The van der Waals surface area contributed by atoms with Crippen molar-refractivity contribution in [2.24, 2.45) is 0 Å². The fraction of sp³-hybridized carbons (Fsp3) is 0.462. The normalized spacial score (nSPS) is 10.7. The minimum absolute atomic E-state index is 0.254. The van der Waals surface area contributed by atoms with E-state index in [1.165, 1.54) is 0 Å². The zero-order valence-electron chi connectivity index (χ0n) is 11.6. The number of hydrogen-bond acceptors (Lipinski definition) is 5. The Morgan fingerprint density at radius 3 is 2.58 bits per heavy atom. The van der Waals surface area contributed by atoms with Crippen molar-refractivity contribution >= 4 is 11.8 Å². The molecule has 2 heterocycles. The Hall–Kier alpha value is -2.11. The molecule has 0 saturated heterocycles. The summed E-state index contributed by atoms with van der Waals surface area (Å²) >= 11 is 0. The third kappa shape index (κ3) is 2.83. The van der Waals surface area contributed by atoms with Crippen molar-refractivity contribution < 1.29 is 0 Å². The van der Waals surface area contributed by atoms with Gasteiger partial charge in [-0.1, -0.05) is 13.8 Å². The molecule has 102 valence electrons. The molecule has 2 aromatic heterocycles. The third-order valence-electron chi connectivity index (χ3n) is 2.86. The van der Waals surface area contributed by atoms with E-state index in [4.69, 9.17) is 5.73 Å². The van der Waals surface area contributed by atoms with Gasteiger partial charge in [0.2, 0.25) is 5.95 Å². The zero-order valence-corrected chi connectivity index (χ0v) is 11.6. The average Bonchev–Trinajstić information content (AvgIpc) is 2.81. The van der Waals surface area contributed by atoms with E-state index in [1.54, 1.807) is 0 Å². The molecular formula is C13H20N6. The predicted octanol–water partition coefficient (Wildman–Crippen LogP) is 1.80. The van der Waals surface area contributed by atoms with E-state index in [9.17, 15) is 0 Å². The van der Waals surface area contributed by atoms with Crippen molar-refractivity contribution in [2.45, 2.75) is 33.6 Å². The van der Waals surface area contributed by atoms with Gasteiger partial charge in [-0.25, -0.2) is 4.68 Å². The number of anilines is 2. The van der Waals surface area contributed by atoms with Gasteiger partial charge in [-0.3, -0.25) is 0 Å². The minimum atomic E-state index is 0.254. The molecule has 0 saturated carbocycles. The molecule has 0 bridgehead atoms. The van der Waals surface area contributed by atoms with Crippen LogP contribution in [0.3, 0.4) is 0 Å². The van der Waals surface area contributed by atoms with Crippen LogP contribution in [0.4, 0.5) is 11.8 Å². The van der Waals surface area contributed by atoms with Gasteiger partial charge in [0.15, 0.2) is 5.82 Å². The summed E-state index contributed by atoms with van der Waals surface area (Å²) in [7, 11) is 0. The van der Waals surface area contributed by atoms with Crippen LogP contribution in [0.2, 0.25) is 0 Å². The summed E-state index contributed by atoms with van der Waals surface area (Å²) in [4.78, 5) is 8.42. The zero-order chi connectivity index (χ0) is 13.8. The first kappa shape index (κ1) is 13.3. The summed E-state index contributed by atoms with van der Waals surface area (Å²) in [5, 5.41) is 7.70. The van der Waals surface area contributed by atoms with Gasteiger partial charge in [-0.05, 0) is 25.8 Å². The van der Waals surface area contributed by atoms with Crippen LogP contribution in [0.1, 0.15) is 32.2 Å². The van der Waals surface area contributed by atoms with Crippen molar-refractivity contribution in [3.05, 3.63) is 23.5 Å². The van der Waals surface area contributed by atoms with E-state index < -0.39 is 0 Å². The lowest BCUT2D eigenvalue weighted by Crippen LogP contribution is -2.10. The van der Waals surface area contributed by atoms with Crippen LogP contribution in [-0.2, 0) is 12.8 Å². The van der Waals surface area contributed by atoms with Crippen LogP contribution in [0.25, 0.3) is 5.82 Å². The van der Waals surface area contributed by atoms with E-state index in [0.29, 0.717) is 5.82 Å². The van der Waals surface area contributed by atoms with E-state index in [0.717, 1.165) is 36.6 Å². The molecule has 3 N–H and O–H groups in total. The van der Waals surface area contributed by atoms with Crippen LogP contribution >= 0.6 is 0 Å². The highest BCUT2D eigenvalue weighted by Gasteiger charge is 2.10. The smallest absolute Gasteiger partial charge is 0.224 e. The summed E-state index contributed by atoms with van der Waals surface area (Å²) in [6.45, 7) is 6.99. The number of rotatable bonds is 5. The number of nitrogens with zero attached hydrogens (tertiary/aromatic N) is 4. The third-order valence-corrected chi connectivity index (χ3v) is 2.86. The number of aryl methyl sites for hydroxylation is 2. The Kier molecular flexibility index (Phi) is 3.99. The van der Waals surface area contributed by atoms with Crippen molar-refractivity contribution in [2.75, 3.05) is 17.6 Å². The maximum atomic E-state index is 5.75. The van der Waals surface area contributed by atoms with Gasteiger partial charge in [-0.2, -0.15) is 15.1 Å². The van der Waals surface area contributed by atoms with Gasteiger partial charge >= 0.3 is 0 Å². The Bertz CT molecular complexity index is 560. The molecule has 0 aliphatic carbocycles. The van der Waals surface area contributed by atoms with Crippen molar-refractivity contribution in [1.82, 2.24) is 19.7 Å². The first-order valence-electron chi connectivity index (χ1n) is 6.64. The fourth-order valence-corrected chi connectivity index (χ4v) is 1.93. The maximum Gasteiger partial charge on any atom is 0.224 e. The van der Waals surface area contributed by atoms with Crippen molar-refractivity contribution in [3.8, 4) is 5.82 Å². The van der Waals surface area contributed by atoms with E-state index in [-0.39, 0.29) is 5.95 Å². The Morgan fingerprint density at radius 1 is 1.16 bits per heavy atom. The van der Waals surface area contributed by atoms with Crippen molar-refractivity contribution in [1.29, 1.82) is 0 Å². The molecule has 0 atom stereocenters. The quantitative estimate of drug-likeness (QED) is 0.856. The number of nitrogen functional groups attached to an aromatic ring is 1. The van der Waals surface area contributed by atoms with Crippen LogP contribution < -0.4 is 11.1 Å². The SMILES string of the molecule is CCNc1cc(-n2nc(CC)cc2CC)nc(N)n1. The van der Waals surface area contributed by atoms with Crippen LogP contribution in [0.15, 0.2) is 12.1 Å². The highest BCUT2D eigenvalue weighted by Crippen LogP contribution is 2.16. The number of aromatic nitrogens is 4. The molecule has 0 unspecified atom stereocenters. The highest BCUT2D eigenvalue weighted by molar-refractivity contribution is 5.46. The van der Waals surface area contributed by atoms with Gasteiger partial charge in [0.1, 0.15) is 5.82 Å². The first-order valence-corrected chi connectivity index (χ1v) is 6.64. The Labute approximate surface area is 113 Å². The topological polar surface area (TPSA) is 81.7 Å². The summed E-state index contributed by atoms with van der Waals surface area (Å²) < 4.78 is 1.84. The molecule has 19 heavy (non-hydrogen) atoms. The van der Waals surface area contributed by atoms with Gasteiger partial charge in [0.25, 0.3) is 0 Å². The molecule has 0 aromatic carbocycles. The lowest BCUT2D eigenvalue weighted by molar-refractivity contribution is 0.770. The van der Waals surface area contributed by atoms with Gasteiger partial charge < -0.3 is 11.1 Å². The number of nitrogens with one attached hydrogen (secondary N) is 1. The van der Waals surface area contributed by atoms with Crippen LogP contribution in [0.5, 0.6) is 0 Å². The van der Waals surface area contributed by atoms with Gasteiger partial charge in [0.05, 0.1) is 5.69 Å². The van der Waals surface area contributed by atoms with Crippen molar-refractivity contribution in [3.63, 3.8) is 0 Å². The van der Waals surface area contributed by atoms with E-state index >= 15 is 0 Å². The molecule has 0 aliphatic rings. The van der Waals surface area contributed by atoms with Gasteiger partial charge in [0, 0.05) is 18.3 Å². The monoisotopic (exact) mass is 260 g/mol. The van der Waals surface area contributed by atoms with Crippen LogP contribution in [-0.4, -0.2) is 26.3 Å². The molecule has 0 amide bonds. The lowest BCUT2D eigenvalue weighted by atomic mass is 10.2. The standard InChI is InChI=1S/C13H20N6/c1-4-9-7-10(5-2)19(18-9)12-8-11(15-6-3)16-13(14)17-12/h7-8H,4-6H2,1-3H3,(H3,14,15,16,17). The van der Waals surface area contributed by atoms with E-state index in [2.05, 4.69) is 40.3 Å². The molecule has 0 spiro atoms. The highest BCUT2D eigenvalue weighted by atomic mass is 15.3. The predicted molar refractivity (Wildman–Crippen MR) is 76.5 cm³/mol. The second-order valence-electron chi connectivity index (χ2n) is 4.25. The molecule has 0 fully saturated rings. The molecule has 6 nitrogen and oxygen atoms in total. The summed E-state index contributed by atoms with van der Waals surface area (Å²) in [6.07, 6.45) is 1.80. The summed E-state index contributed by atoms with van der Waals surface area (Å²) in [6, 6.07) is 3.97. The average molecular weight is 260 g/mol. The number of nitrogens with two attached hydrogens (primary N) is 1. The largest absolute Gasteiger partial charge is 0.370 e. The van der Waals surface area contributed by atoms with Crippen LogP contribution in [0, 0.1) is 0 Å². The molecular weight excluding hydrogens is 240 g/mol. The fourth-order valence-electron chi connectivity index (χ4n) is 1.93. The summed E-state index contributed by atoms with van der Waals surface area (Å²) in [5.41, 5.74) is 7.93. The molecule has 0 aliphatic heterocycles. The molecule has 6 heteroatoms. The lowest BCUT2D eigenvalue weighted by Gasteiger charge is -2.08. The minimum Gasteiger partial charge on any atom is -0.370 e. The number of hydrogen-bond donors (Lipinski definition) is 2. The summed E-state index contributed by atoms with van der Waals surface area (Å²) in [5.74, 6) is 1.68. The van der Waals surface area contributed by atoms with Gasteiger partial charge in [-0.15, -0.1) is 0 Å². The second-order valence-corrected chi connectivity index (χ2v) is 4.25. The Balaban J connectivity index is 2.48. The maximum absolute atomic E-state index is 5.75. The first-order chi connectivity index (χ1) is 9.17. The molecule has 2 aromatic rings. The second kappa shape index (κ2) is 5.69. The van der Waals surface area contributed by atoms with E-state index in [1.807, 2.05) is 17.7 Å². The Morgan fingerprint density at radius 2 is 1.95 bits per heavy atom.